The maximum atomic E-state index is 12.3. The Kier molecular flexibility index (Phi) is 6.63. The van der Waals surface area contributed by atoms with E-state index in [-0.39, 0.29) is 35.4 Å². The van der Waals surface area contributed by atoms with E-state index in [1.54, 1.807) is 12.3 Å². The Balaban J connectivity index is 1.52. The molecule has 4 rings (SSSR count). The van der Waals surface area contributed by atoms with Gasteiger partial charge in [0.15, 0.2) is 9.84 Å². The number of ether oxygens (including phenoxy) is 1. The van der Waals surface area contributed by atoms with Gasteiger partial charge in [-0.05, 0) is 72.8 Å². The van der Waals surface area contributed by atoms with Gasteiger partial charge in [-0.15, -0.1) is 0 Å². The van der Waals surface area contributed by atoms with Crippen LogP contribution in [-0.4, -0.2) is 47.2 Å². The summed E-state index contributed by atoms with van der Waals surface area (Å²) < 4.78 is 32.2. The second-order valence-corrected chi connectivity index (χ2v) is 12.6. The van der Waals surface area contributed by atoms with Crippen molar-refractivity contribution in [2.45, 2.75) is 95.2 Å². The summed E-state index contributed by atoms with van der Waals surface area (Å²) >= 11 is 0. The summed E-state index contributed by atoms with van der Waals surface area (Å²) in [5.74, 6) is 1.76. The first-order chi connectivity index (χ1) is 15.9. The molecule has 1 fully saturated rings. The van der Waals surface area contributed by atoms with E-state index < -0.39 is 9.84 Å². The molecular weight excluding hydrogens is 454 g/mol. The van der Waals surface area contributed by atoms with E-state index in [0.29, 0.717) is 17.1 Å². The van der Waals surface area contributed by atoms with Crippen molar-refractivity contribution in [2.75, 3.05) is 11.1 Å². The Bertz CT molecular complexity index is 1160. The van der Waals surface area contributed by atoms with Gasteiger partial charge in [-0.3, -0.25) is 0 Å². The number of nitrogens with one attached hydrogen (secondary N) is 2. The fourth-order valence-corrected chi connectivity index (χ4v) is 6.22. The third-order valence-corrected chi connectivity index (χ3v) is 8.15. The van der Waals surface area contributed by atoms with Crippen LogP contribution in [0.2, 0.25) is 0 Å². The minimum Gasteiger partial charge on any atom is -0.446 e. The van der Waals surface area contributed by atoms with Crippen LogP contribution in [0.1, 0.15) is 77.5 Å². The molecular formula is C24H35N5O4S. The van der Waals surface area contributed by atoms with Crippen LogP contribution < -0.4 is 10.6 Å². The van der Waals surface area contributed by atoms with Gasteiger partial charge in [0.2, 0.25) is 0 Å². The molecule has 0 unspecified atom stereocenters. The Hall–Kier alpha value is -2.62. The Morgan fingerprint density at radius 2 is 1.91 bits per heavy atom. The Morgan fingerprint density at radius 1 is 1.21 bits per heavy atom. The van der Waals surface area contributed by atoms with Crippen molar-refractivity contribution in [2.24, 2.45) is 0 Å². The first-order valence-corrected chi connectivity index (χ1v) is 13.6. The van der Waals surface area contributed by atoms with Crippen molar-refractivity contribution >= 4 is 27.6 Å². The normalized spacial score (nSPS) is 21.8. The Labute approximate surface area is 201 Å². The number of alkyl carbamates (subject to hydrolysis) is 1. The molecule has 186 valence electrons. The second kappa shape index (κ2) is 9.20. The van der Waals surface area contributed by atoms with Crippen molar-refractivity contribution < 1.29 is 17.9 Å². The van der Waals surface area contributed by atoms with Gasteiger partial charge >= 0.3 is 6.09 Å². The minimum absolute atomic E-state index is 0.0524. The molecule has 3 heterocycles. The molecule has 2 aromatic rings. The first-order valence-electron chi connectivity index (χ1n) is 12.0. The van der Waals surface area contributed by atoms with E-state index >= 15 is 0 Å². The molecule has 1 saturated carbocycles. The number of carbonyl (C=O) groups is 1. The van der Waals surface area contributed by atoms with Crippen molar-refractivity contribution in [1.82, 2.24) is 20.1 Å². The lowest BCUT2D eigenvalue weighted by Crippen LogP contribution is -2.35. The summed E-state index contributed by atoms with van der Waals surface area (Å²) in [7, 11) is -3.23. The fraction of sp³-hybridized carbons (Fsp3) is 0.625. The van der Waals surface area contributed by atoms with Gasteiger partial charge in [-0.25, -0.2) is 22.9 Å². The maximum Gasteiger partial charge on any atom is 0.407 e. The van der Waals surface area contributed by atoms with Crippen LogP contribution in [-0.2, 0) is 26.5 Å². The molecule has 2 aliphatic rings. The summed E-state index contributed by atoms with van der Waals surface area (Å²) in [6.45, 7) is 10.1. The minimum atomic E-state index is -3.23. The number of rotatable bonds is 5. The van der Waals surface area contributed by atoms with Crippen LogP contribution in [0.3, 0.4) is 0 Å². The molecule has 1 amide bonds. The number of hydrogen-bond donors (Lipinski definition) is 2. The van der Waals surface area contributed by atoms with Crippen LogP contribution in [0.4, 0.5) is 16.4 Å². The van der Waals surface area contributed by atoms with Crippen LogP contribution in [0.25, 0.3) is 0 Å². The third-order valence-electron chi connectivity index (χ3n) is 6.35. The van der Waals surface area contributed by atoms with Gasteiger partial charge in [0.05, 0.1) is 21.9 Å². The number of amides is 1. The van der Waals surface area contributed by atoms with Crippen molar-refractivity contribution in [3.05, 3.63) is 29.6 Å². The number of hydrogen-bond acceptors (Lipinski definition) is 7. The zero-order valence-corrected chi connectivity index (χ0v) is 21.4. The predicted molar refractivity (Wildman–Crippen MR) is 130 cm³/mol. The highest BCUT2D eigenvalue weighted by molar-refractivity contribution is 7.91. The van der Waals surface area contributed by atoms with Crippen molar-refractivity contribution in [3.8, 4) is 0 Å². The highest BCUT2D eigenvalue weighted by Crippen LogP contribution is 2.37. The molecule has 0 atom stereocenters. The molecule has 2 aromatic heterocycles. The molecule has 0 aromatic carbocycles. The number of pyridine rings is 1. The molecule has 0 bridgehead atoms. The van der Waals surface area contributed by atoms with Gasteiger partial charge in [-0.2, -0.15) is 5.10 Å². The number of nitrogens with zero attached hydrogens (tertiary/aromatic N) is 3. The van der Waals surface area contributed by atoms with Crippen molar-refractivity contribution in [1.29, 1.82) is 0 Å². The molecule has 1 aliphatic heterocycles. The van der Waals surface area contributed by atoms with Crippen LogP contribution in [0.15, 0.2) is 23.2 Å². The molecule has 10 heteroatoms. The lowest BCUT2D eigenvalue weighted by Gasteiger charge is -2.28. The predicted octanol–water partition coefficient (Wildman–Crippen LogP) is 4.27. The van der Waals surface area contributed by atoms with E-state index in [1.165, 1.54) is 0 Å². The van der Waals surface area contributed by atoms with E-state index in [1.807, 2.05) is 24.6 Å². The molecule has 9 nitrogen and oxygen atoms in total. The molecule has 2 N–H and O–H groups in total. The van der Waals surface area contributed by atoms with E-state index in [4.69, 9.17) is 9.84 Å². The number of sulfone groups is 1. The summed E-state index contributed by atoms with van der Waals surface area (Å²) in [4.78, 5) is 16.7. The molecule has 1 aliphatic carbocycles. The van der Waals surface area contributed by atoms with Gasteiger partial charge in [-0.1, -0.05) is 0 Å². The van der Waals surface area contributed by atoms with Gasteiger partial charge in [0.1, 0.15) is 17.7 Å². The molecule has 0 radical (unpaired) electrons. The van der Waals surface area contributed by atoms with E-state index in [9.17, 15) is 13.2 Å². The largest absolute Gasteiger partial charge is 0.446 e. The summed E-state index contributed by atoms with van der Waals surface area (Å²) in [6.07, 6.45) is 4.94. The van der Waals surface area contributed by atoms with Gasteiger partial charge in [0.25, 0.3) is 0 Å². The number of anilines is 2. The van der Waals surface area contributed by atoms with E-state index in [2.05, 4.69) is 36.4 Å². The summed E-state index contributed by atoms with van der Waals surface area (Å²) in [5, 5.41) is 11.1. The highest BCUT2D eigenvalue weighted by Gasteiger charge is 2.31. The fourth-order valence-electron chi connectivity index (χ4n) is 4.68. The smallest absolute Gasteiger partial charge is 0.407 e. The van der Waals surface area contributed by atoms with Crippen LogP contribution in [0, 0.1) is 0 Å². The zero-order chi connectivity index (χ0) is 24.7. The average Bonchev–Trinajstić information content (AvgIpc) is 3.30. The number of carbonyl (C=O) groups excluding carboxylic acids is 1. The lowest BCUT2D eigenvalue weighted by atomic mass is 9.85. The number of fused-ring (bicyclic) bond motifs is 1. The summed E-state index contributed by atoms with van der Waals surface area (Å²) in [6, 6.07) is 3.68. The molecule has 0 saturated heterocycles. The Morgan fingerprint density at radius 3 is 2.56 bits per heavy atom. The average molecular weight is 490 g/mol. The third kappa shape index (κ3) is 5.21. The monoisotopic (exact) mass is 489 g/mol. The summed E-state index contributed by atoms with van der Waals surface area (Å²) in [5.41, 5.74) is 1.45. The van der Waals surface area contributed by atoms with E-state index in [0.717, 1.165) is 42.8 Å². The second-order valence-electron chi connectivity index (χ2n) is 10.5. The molecule has 34 heavy (non-hydrogen) atoms. The van der Waals surface area contributed by atoms with Crippen molar-refractivity contribution in [3.63, 3.8) is 0 Å². The lowest BCUT2D eigenvalue weighted by molar-refractivity contribution is 0.0696. The van der Waals surface area contributed by atoms with Crippen LogP contribution >= 0.6 is 0 Å². The first kappa shape index (κ1) is 24.5. The maximum absolute atomic E-state index is 12.3. The van der Waals surface area contributed by atoms with Gasteiger partial charge in [0, 0.05) is 29.8 Å². The zero-order valence-electron chi connectivity index (χ0n) is 20.6. The molecule has 0 spiro atoms. The standard InChI is InChI=1S/C24H35N5O4S/c1-15(2)26-23(30)33-17-8-6-16(7-9-17)19-14-21(29(28-19)24(3,4)5)27-22-18-11-13-34(31,32)20(18)10-12-25-22/h10,12,14-17H,6-9,11,13H2,1-5H3,(H,25,27)(H,26,30). The topological polar surface area (TPSA) is 115 Å². The highest BCUT2D eigenvalue weighted by atomic mass is 32.2. The number of aromatic nitrogens is 3. The quantitative estimate of drug-likeness (QED) is 0.644. The van der Waals surface area contributed by atoms with Crippen LogP contribution in [0.5, 0.6) is 0 Å². The van der Waals surface area contributed by atoms with Gasteiger partial charge < -0.3 is 15.4 Å². The SMILES string of the molecule is CC(C)NC(=O)OC1CCC(c2cc(Nc3nccc4c3CCS4(=O)=O)n(C(C)(C)C)n2)CC1.